The maximum Gasteiger partial charge on any atom is 0.306 e. The molecule has 0 fully saturated rings. The summed E-state index contributed by atoms with van der Waals surface area (Å²) in [6.07, 6.45) is 78.2. The number of allylic oxidation sites excluding steroid dienone is 8. The van der Waals surface area contributed by atoms with E-state index in [1.165, 1.54) is 238 Å². The Morgan fingerprint density at radius 2 is 0.486 bits per heavy atom. The van der Waals surface area contributed by atoms with E-state index in [0.717, 1.165) is 70.6 Å². The number of carbonyl (C=O) groups is 3. The van der Waals surface area contributed by atoms with Crippen LogP contribution in [0.1, 0.15) is 348 Å². The third-order valence-corrected chi connectivity index (χ3v) is 14.5. The van der Waals surface area contributed by atoms with Crippen LogP contribution in [-0.4, -0.2) is 37.2 Å². The fourth-order valence-corrected chi connectivity index (χ4v) is 9.58. The summed E-state index contributed by atoms with van der Waals surface area (Å²) >= 11 is 0. The SMILES string of the molecule is CCCCCC/C=C\C/C=C\CCCCCCCCCC(=O)OC(COC(=O)CCCCCCCCC/C=C\CCCCCCCC)COC(=O)CCCCCCCCCCC/C=C\CCCCCCCCCC. The summed E-state index contributed by atoms with van der Waals surface area (Å²) in [5.41, 5.74) is 0. The minimum atomic E-state index is -0.780. The number of ether oxygens (including phenoxy) is 3. The maximum atomic E-state index is 12.9. The lowest BCUT2D eigenvalue weighted by Crippen LogP contribution is -2.30. The third kappa shape index (κ3) is 60.2. The van der Waals surface area contributed by atoms with E-state index in [4.69, 9.17) is 14.2 Å². The maximum absolute atomic E-state index is 12.9. The monoisotopic (exact) mass is 1040 g/mol. The number of unbranched alkanes of at least 4 members (excludes halogenated alkanes) is 41. The summed E-state index contributed by atoms with van der Waals surface area (Å²) in [5, 5.41) is 0. The van der Waals surface area contributed by atoms with Gasteiger partial charge in [-0.2, -0.15) is 0 Å². The summed E-state index contributed by atoms with van der Waals surface area (Å²) in [6, 6.07) is 0. The number of carbonyl (C=O) groups excluding carboxylic acids is 3. The van der Waals surface area contributed by atoms with Crippen LogP contribution in [-0.2, 0) is 28.6 Å². The van der Waals surface area contributed by atoms with Gasteiger partial charge in [0.25, 0.3) is 0 Å². The zero-order valence-corrected chi connectivity index (χ0v) is 49.6. The normalized spacial score (nSPS) is 12.3. The van der Waals surface area contributed by atoms with Gasteiger partial charge in [-0.3, -0.25) is 14.4 Å². The fourth-order valence-electron chi connectivity index (χ4n) is 9.58. The lowest BCUT2D eigenvalue weighted by Gasteiger charge is -2.18. The summed E-state index contributed by atoms with van der Waals surface area (Å²) < 4.78 is 17.0. The third-order valence-electron chi connectivity index (χ3n) is 14.5. The molecule has 74 heavy (non-hydrogen) atoms. The van der Waals surface area contributed by atoms with Crippen molar-refractivity contribution >= 4 is 17.9 Å². The fraction of sp³-hybridized carbons (Fsp3) is 0.838. The molecule has 0 saturated carbocycles. The van der Waals surface area contributed by atoms with Crippen molar-refractivity contribution in [2.24, 2.45) is 0 Å². The molecule has 0 aromatic heterocycles. The second-order valence-corrected chi connectivity index (χ2v) is 22.0. The number of hydrogen-bond acceptors (Lipinski definition) is 6. The van der Waals surface area contributed by atoms with Crippen LogP contribution in [0.2, 0.25) is 0 Å². The predicted molar refractivity (Wildman–Crippen MR) is 321 cm³/mol. The van der Waals surface area contributed by atoms with E-state index in [2.05, 4.69) is 69.4 Å². The molecule has 0 bridgehead atoms. The van der Waals surface area contributed by atoms with E-state index in [9.17, 15) is 14.4 Å². The van der Waals surface area contributed by atoms with Crippen LogP contribution in [0, 0.1) is 0 Å². The first-order chi connectivity index (χ1) is 36.5. The molecule has 0 heterocycles. The molecule has 1 unspecified atom stereocenters. The molecule has 6 nitrogen and oxygen atoms in total. The van der Waals surface area contributed by atoms with E-state index in [0.29, 0.717) is 19.3 Å². The number of hydrogen-bond donors (Lipinski definition) is 0. The Morgan fingerprint density at radius 1 is 0.270 bits per heavy atom. The van der Waals surface area contributed by atoms with Crippen molar-refractivity contribution in [3.63, 3.8) is 0 Å². The van der Waals surface area contributed by atoms with E-state index in [1.807, 2.05) is 0 Å². The smallest absolute Gasteiger partial charge is 0.306 e. The Hall–Kier alpha value is -2.63. The zero-order chi connectivity index (χ0) is 53.6. The molecule has 0 radical (unpaired) electrons. The van der Waals surface area contributed by atoms with Gasteiger partial charge in [-0.1, -0.05) is 275 Å². The van der Waals surface area contributed by atoms with Gasteiger partial charge in [0.1, 0.15) is 13.2 Å². The molecule has 0 aliphatic rings. The Labute approximate surface area is 460 Å². The molecular formula is C68H124O6. The van der Waals surface area contributed by atoms with Gasteiger partial charge in [-0.25, -0.2) is 0 Å². The van der Waals surface area contributed by atoms with Crippen molar-refractivity contribution in [2.45, 2.75) is 354 Å². The van der Waals surface area contributed by atoms with Crippen molar-refractivity contribution in [1.29, 1.82) is 0 Å². The topological polar surface area (TPSA) is 78.9 Å². The van der Waals surface area contributed by atoms with E-state index < -0.39 is 6.10 Å². The van der Waals surface area contributed by atoms with Crippen molar-refractivity contribution in [1.82, 2.24) is 0 Å². The quantitative estimate of drug-likeness (QED) is 0.0261. The highest BCUT2D eigenvalue weighted by Crippen LogP contribution is 2.17. The standard InChI is InChI=1S/C68H124O6/c1-4-7-10-13-16-19-22-25-28-31-33-34-35-38-40-43-46-49-52-55-58-61-67(70)73-64-65(63-72-66(69)60-57-54-51-48-45-42-39-36-30-27-24-21-18-15-12-9-6-3)74-68(71)62-59-56-53-50-47-44-41-37-32-29-26-23-20-17-14-11-8-5-2/h20,23,27,29-33,65H,4-19,21-22,24-26,28,34-64H2,1-3H3/b23-20-,30-27-,32-29-,33-31-. The van der Waals surface area contributed by atoms with Gasteiger partial charge in [0.15, 0.2) is 6.10 Å². The highest BCUT2D eigenvalue weighted by atomic mass is 16.6. The molecule has 1 atom stereocenters. The van der Waals surface area contributed by atoms with E-state index in [-0.39, 0.29) is 31.1 Å². The largest absolute Gasteiger partial charge is 0.462 e. The lowest BCUT2D eigenvalue weighted by molar-refractivity contribution is -0.167. The molecular weight excluding hydrogens is 913 g/mol. The van der Waals surface area contributed by atoms with E-state index in [1.54, 1.807) is 0 Å². The van der Waals surface area contributed by atoms with Crippen molar-refractivity contribution < 1.29 is 28.6 Å². The van der Waals surface area contributed by atoms with Gasteiger partial charge in [0, 0.05) is 19.3 Å². The van der Waals surface area contributed by atoms with Crippen molar-refractivity contribution in [2.75, 3.05) is 13.2 Å². The van der Waals surface area contributed by atoms with Crippen LogP contribution in [0.25, 0.3) is 0 Å². The molecule has 0 N–H and O–H groups in total. The molecule has 432 valence electrons. The van der Waals surface area contributed by atoms with Crippen molar-refractivity contribution in [3.8, 4) is 0 Å². The second kappa shape index (κ2) is 62.9. The van der Waals surface area contributed by atoms with Crippen LogP contribution < -0.4 is 0 Å². The van der Waals surface area contributed by atoms with Crippen LogP contribution in [0.15, 0.2) is 48.6 Å². The van der Waals surface area contributed by atoms with Crippen LogP contribution in [0.5, 0.6) is 0 Å². The summed E-state index contributed by atoms with van der Waals surface area (Å²) in [4.78, 5) is 38.3. The van der Waals surface area contributed by atoms with Gasteiger partial charge in [0.2, 0.25) is 0 Å². The van der Waals surface area contributed by atoms with Crippen molar-refractivity contribution in [3.05, 3.63) is 48.6 Å². The highest BCUT2D eigenvalue weighted by molar-refractivity contribution is 5.71. The van der Waals surface area contributed by atoms with Gasteiger partial charge in [-0.05, 0) is 103 Å². The molecule has 0 aliphatic heterocycles. The Balaban J connectivity index is 4.36. The summed E-state index contributed by atoms with van der Waals surface area (Å²) in [6.45, 7) is 6.66. The minimum absolute atomic E-state index is 0.0766. The number of rotatable bonds is 60. The van der Waals surface area contributed by atoms with E-state index >= 15 is 0 Å². The molecule has 0 spiro atoms. The van der Waals surface area contributed by atoms with Crippen LogP contribution in [0.4, 0.5) is 0 Å². The Kier molecular flexibility index (Phi) is 60.7. The lowest BCUT2D eigenvalue weighted by atomic mass is 10.1. The first-order valence-electron chi connectivity index (χ1n) is 32.6. The van der Waals surface area contributed by atoms with Crippen LogP contribution in [0.3, 0.4) is 0 Å². The summed E-state index contributed by atoms with van der Waals surface area (Å²) in [5.74, 6) is -0.870. The molecule has 6 heteroatoms. The van der Waals surface area contributed by atoms with Gasteiger partial charge >= 0.3 is 17.9 Å². The predicted octanol–water partition coefficient (Wildman–Crippen LogP) is 22.2. The van der Waals surface area contributed by atoms with Crippen LogP contribution >= 0.6 is 0 Å². The first-order valence-corrected chi connectivity index (χ1v) is 32.6. The van der Waals surface area contributed by atoms with Gasteiger partial charge in [-0.15, -0.1) is 0 Å². The first kappa shape index (κ1) is 71.4. The molecule has 0 aliphatic carbocycles. The molecule has 0 rings (SSSR count). The minimum Gasteiger partial charge on any atom is -0.462 e. The van der Waals surface area contributed by atoms with Gasteiger partial charge < -0.3 is 14.2 Å². The number of esters is 3. The highest BCUT2D eigenvalue weighted by Gasteiger charge is 2.19. The Bertz CT molecular complexity index is 1280. The molecule has 0 aromatic rings. The van der Waals surface area contributed by atoms with Gasteiger partial charge in [0.05, 0.1) is 0 Å². The average molecular weight is 1040 g/mol. The summed E-state index contributed by atoms with van der Waals surface area (Å²) in [7, 11) is 0. The molecule has 0 amide bonds. The molecule has 0 aromatic carbocycles. The Morgan fingerprint density at radius 3 is 0.770 bits per heavy atom. The molecule has 0 saturated heterocycles. The average Bonchev–Trinajstić information content (AvgIpc) is 3.40. The zero-order valence-electron chi connectivity index (χ0n) is 49.6. The second-order valence-electron chi connectivity index (χ2n) is 22.0.